The first-order valence-electron chi connectivity index (χ1n) is 11.9. The molecule has 0 bridgehead atoms. The molecular formula is C29H30F4. The fraction of sp³-hybridized carbons (Fsp3) is 0.448. The van der Waals surface area contributed by atoms with Gasteiger partial charge in [0.25, 0.3) is 0 Å². The molecule has 0 heterocycles. The molecular weight excluding hydrogens is 424 g/mol. The third kappa shape index (κ3) is 5.35. The van der Waals surface area contributed by atoms with Crippen LogP contribution < -0.4 is 0 Å². The zero-order valence-electron chi connectivity index (χ0n) is 19.1. The van der Waals surface area contributed by atoms with Gasteiger partial charge in [0, 0.05) is 11.1 Å². The standard InChI is InChI=1S/C29H30F4/c1-3-4-5-19-6-8-22-15-23(10-9-21(22)12-19)24-16-28(32)25(29(33)17-24)11-7-20-13-26(30)18(2)27(31)14-20/h3,13-14,16-17,19,21-23H,1,4-6,8-10,12,15H2,2H3. The molecule has 2 saturated carbocycles. The van der Waals surface area contributed by atoms with Crippen LogP contribution in [0, 0.1) is 59.8 Å². The van der Waals surface area contributed by atoms with Crippen molar-refractivity contribution in [2.75, 3.05) is 0 Å². The van der Waals surface area contributed by atoms with Gasteiger partial charge in [-0.2, -0.15) is 0 Å². The van der Waals surface area contributed by atoms with Crippen molar-refractivity contribution in [1.82, 2.24) is 0 Å². The van der Waals surface area contributed by atoms with E-state index in [-0.39, 0.29) is 22.6 Å². The first kappa shape index (κ1) is 23.6. The van der Waals surface area contributed by atoms with E-state index < -0.39 is 23.3 Å². The summed E-state index contributed by atoms with van der Waals surface area (Å²) in [5.41, 5.74) is 0.259. The summed E-state index contributed by atoms with van der Waals surface area (Å²) in [5.74, 6) is 4.29. The molecule has 2 aromatic carbocycles. The maximum Gasteiger partial charge on any atom is 0.142 e. The maximum absolute atomic E-state index is 14.8. The van der Waals surface area contributed by atoms with Gasteiger partial charge in [-0.1, -0.05) is 24.3 Å². The fourth-order valence-electron chi connectivity index (χ4n) is 5.70. The van der Waals surface area contributed by atoms with E-state index in [9.17, 15) is 17.6 Å². The van der Waals surface area contributed by atoms with Crippen LogP contribution in [0.2, 0.25) is 0 Å². The SMILES string of the molecule is C=CCCC1CCC2CC(c3cc(F)c(C#Cc4cc(F)c(C)c(F)c4)c(F)c3)CCC2C1. The van der Waals surface area contributed by atoms with Crippen LogP contribution in [-0.4, -0.2) is 0 Å². The minimum atomic E-state index is -0.735. The highest BCUT2D eigenvalue weighted by Crippen LogP contribution is 2.48. The average molecular weight is 455 g/mol. The number of hydrogen-bond donors (Lipinski definition) is 0. The highest BCUT2D eigenvalue weighted by molar-refractivity contribution is 5.46. The Labute approximate surface area is 194 Å². The Morgan fingerprint density at radius 1 is 0.848 bits per heavy atom. The van der Waals surface area contributed by atoms with Crippen molar-refractivity contribution in [2.24, 2.45) is 17.8 Å². The lowest BCUT2D eigenvalue weighted by atomic mass is 9.63. The van der Waals surface area contributed by atoms with Gasteiger partial charge < -0.3 is 0 Å². The monoisotopic (exact) mass is 454 g/mol. The lowest BCUT2D eigenvalue weighted by molar-refractivity contribution is 0.115. The Morgan fingerprint density at radius 2 is 1.48 bits per heavy atom. The predicted octanol–water partition coefficient (Wildman–Crippen LogP) is 8.22. The Hall–Kier alpha value is -2.54. The lowest BCUT2D eigenvalue weighted by Crippen LogP contribution is -2.30. The molecule has 2 aliphatic rings. The second-order valence-electron chi connectivity index (χ2n) is 9.75. The van der Waals surface area contributed by atoms with Crippen LogP contribution in [0.3, 0.4) is 0 Å². The molecule has 174 valence electrons. The average Bonchev–Trinajstić information content (AvgIpc) is 2.80. The minimum Gasteiger partial charge on any atom is -0.207 e. The fourth-order valence-corrected chi connectivity index (χ4v) is 5.70. The van der Waals surface area contributed by atoms with Gasteiger partial charge in [0.15, 0.2) is 0 Å². The molecule has 0 radical (unpaired) electrons. The number of allylic oxidation sites excluding steroid dienone is 1. The minimum absolute atomic E-state index is 0.0421. The zero-order chi connectivity index (χ0) is 23.5. The van der Waals surface area contributed by atoms with Gasteiger partial charge >= 0.3 is 0 Å². The summed E-state index contributed by atoms with van der Waals surface area (Å²) < 4.78 is 57.0. The van der Waals surface area contributed by atoms with Gasteiger partial charge in [-0.15, -0.1) is 6.58 Å². The number of rotatable bonds is 4. The van der Waals surface area contributed by atoms with E-state index in [4.69, 9.17) is 0 Å². The number of benzene rings is 2. The molecule has 4 unspecified atom stereocenters. The highest BCUT2D eigenvalue weighted by Gasteiger charge is 2.36. The molecule has 0 aromatic heterocycles. The molecule has 0 aliphatic heterocycles. The van der Waals surface area contributed by atoms with E-state index in [0.29, 0.717) is 11.5 Å². The molecule has 0 spiro atoms. The van der Waals surface area contributed by atoms with E-state index in [1.165, 1.54) is 44.7 Å². The normalized spacial score (nSPS) is 24.5. The summed E-state index contributed by atoms with van der Waals surface area (Å²) >= 11 is 0. The third-order valence-corrected chi connectivity index (χ3v) is 7.65. The van der Waals surface area contributed by atoms with Crippen LogP contribution in [0.4, 0.5) is 17.6 Å². The number of fused-ring (bicyclic) bond motifs is 1. The van der Waals surface area contributed by atoms with Crippen LogP contribution in [0.5, 0.6) is 0 Å². The summed E-state index contributed by atoms with van der Waals surface area (Å²) in [6, 6.07) is 4.93. The first-order valence-corrected chi connectivity index (χ1v) is 11.9. The molecule has 0 amide bonds. The predicted molar refractivity (Wildman–Crippen MR) is 124 cm³/mol. The van der Waals surface area contributed by atoms with Crippen LogP contribution in [-0.2, 0) is 0 Å². The van der Waals surface area contributed by atoms with Gasteiger partial charge in [0.05, 0.1) is 5.56 Å². The largest absolute Gasteiger partial charge is 0.207 e. The second kappa shape index (κ2) is 10.2. The molecule has 4 atom stereocenters. The van der Waals surface area contributed by atoms with Crippen molar-refractivity contribution >= 4 is 0 Å². The topological polar surface area (TPSA) is 0 Å². The second-order valence-corrected chi connectivity index (χ2v) is 9.75. The van der Waals surface area contributed by atoms with Gasteiger partial charge in [-0.3, -0.25) is 0 Å². The third-order valence-electron chi connectivity index (χ3n) is 7.65. The van der Waals surface area contributed by atoms with Crippen molar-refractivity contribution in [3.8, 4) is 11.8 Å². The number of halogens is 4. The lowest BCUT2D eigenvalue weighted by Gasteiger charge is -2.42. The zero-order valence-corrected chi connectivity index (χ0v) is 19.1. The van der Waals surface area contributed by atoms with Crippen molar-refractivity contribution in [2.45, 2.75) is 64.2 Å². The first-order chi connectivity index (χ1) is 15.9. The van der Waals surface area contributed by atoms with Crippen LogP contribution >= 0.6 is 0 Å². The Kier molecular flexibility index (Phi) is 7.27. The van der Waals surface area contributed by atoms with Gasteiger partial charge in [0.1, 0.15) is 23.3 Å². The van der Waals surface area contributed by atoms with Gasteiger partial charge in [0.2, 0.25) is 0 Å². The highest BCUT2D eigenvalue weighted by atomic mass is 19.1. The van der Waals surface area contributed by atoms with Gasteiger partial charge in [-0.25, -0.2) is 17.6 Å². The van der Waals surface area contributed by atoms with Gasteiger partial charge in [-0.05, 0) is 105 Å². The Balaban J connectivity index is 1.47. The summed E-state index contributed by atoms with van der Waals surface area (Å²) in [5, 5.41) is 0. The Morgan fingerprint density at radius 3 is 2.15 bits per heavy atom. The number of hydrogen-bond acceptors (Lipinski definition) is 0. The maximum atomic E-state index is 14.8. The van der Waals surface area contributed by atoms with E-state index in [1.807, 2.05) is 6.08 Å². The van der Waals surface area contributed by atoms with Crippen LogP contribution in [0.25, 0.3) is 0 Å². The van der Waals surface area contributed by atoms with Crippen molar-refractivity contribution in [1.29, 1.82) is 0 Å². The summed E-state index contributed by atoms with van der Waals surface area (Å²) in [7, 11) is 0. The summed E-state index contributed by atoms with van der Waals surface area (Å²) in [4.78, 5) is 0. The van der Waals surface area contributed by atoms with Crippen LogP contribution in [0.15, 0.2) is 36.9 Å². The molecule has 0 N–H and O–H groups in total. The van der Waals surface area contributed by atoms with E-state index in [1.54, 1.807) is 0 Å². The molecule has 2 aliphatic carbocycles. The van der Waals surface area contributed by atoms with Crippen molar-refractivity contribution < 1.29 is 17.6 Å². The van der Waals surface area contributed by atoms with Crippen molar-refractivity contribution in [3.63, 3.8) is 0 Å². The van der Waals surface area contributed by atoms with Crippen molar-refractivity contribution in [3.05, 3.63) is 82.4 Å². The van der Waals surface area contributed by atoms with E-state index in [2.05, 4.69) is 18.4 Å². The molecule has 4 rings (SSSR count). The molecule has 2 fully saturated rings. The molecule has 4 heteroatoms. The smallest absolute Gasteiger partial charge is 0.142 e. The van der Waals surface area contributed by atoms with E-state index >= 15 is 0 Å². The van der Waals surface area contributed by atoms with E-state index in [0.717, 1.165) is 49.7 Å². The van der Waals surface area contributed by atoms with Crippen LogP contribution in [0.1, 0.15) is 79.5 Å². The summed E-state index contributed by atoms with van der Waals surface area (Å²) in [6.07, 6.45) is 11.0. The molecule has 2 aromatic rings. The molecule has 0 nitrogen and oxygen atoms in total. The quantitative estimate of drug-likeness (QED) is 0.248. The molecule has 0 saturated heterocycles. The molecule has 33 heavy (non-hydrogen) atoms. The summed E-state index contributed by atoms with van der Waals surface area (Å²) in [6.45, 7) is 5.15. The Bertz CT molecular complexity index is 1040.